The number of methoxy groups -OCH3 is 1. The maximum atomic E-state index is 11.1. The van der Waals surface area contributed by atoms with Gasteiger partial charge in [0.1, 0.15) is 0 Å². The van der Waals surface area contributed by atoms with Gasteiger partial charge in [0.2, 0.25) is 0 Å². The van der Waals surface area contributed by atoms with Crippen LogP contribution < -0.4 is 0 Å². The van der Waals surface area contributed by atoms with Gasteiger partial charge in [-0.15, -0.1) is 0 Å². The van der Waals surface area contributed by atoms with Crippen LogP contribution in [0.3, 0.4) is 0 Å². The molecule has 2 heteroatoms. The minimum Gasteiger partial charge on any atom is -0.469 e. The number of carbonyl (C=O) groups excluding carboxylic acids is 1. The second kappa shape index (κ2) is 15.3. The Kier molecular flexibility index (Phi) is 11.7. The Morgan fingerprint density at radius 3 is 1.79 bits per heavy atom. The summed E-state index contributed by atoms with van der Waals surface area (Å²) in [6, 6.07) is 20.0. The van der Waals surface area contributed by atoms with Crippen molar-refractivity contribution in [1.82, 2.24) is 0 Å². The number of benzene rings is 3. The Balaban J connectivity index is 1.19. The van der Waals surface area contributed by atoms with Crippen molar-refractivity contribution >= 4 is 33.6 Å². The molecule has 3 aromatic rings. The molecule has 0 spiro atoms. The Hall–Kier alpha value is -2.61. The predicted molar refractivity (Wildman–Crippen MR) is 147 cm³/mol. The fourth-order valence-corrected chi connectivity index (χ4v) is 4.68. The summed E-state index contributed by atoms with van der Waals surface area (Å²) in [5.74, 6) is -0.0742. The summed E-state index contributed by atoms with van der Waals surface area (Å²) in [5.41, 5.74) is 1.30. The van der Waals surface area contributed by atoms with Gasteiger partial charge in [0.15, 0.2) is 0 Å². The maximum absolute atomic E-state index is 11.1. The smallest absolute Gasteiger partial charge is 0.305 e. The molecule has 0 radical (unpaired) electrons. The minimum absolute atomic E-state index is 0.0742. The van der Waals surface area contributed by atoms with E-state index in [0.717, 1.165) is 12.8 Å². The van der Waals surface area contributed by atoms with Gasteiger partial charge < -0.3 is 4.74 Å². The highest BCUT2D eigenvalue weighted by atomic mass is 16.5. The molecule has 0 aromatic heterocycles. The van der Waals surface area contributed by atoms with E-state index in [1.54, 1.807) is 0 Å². The monoisotopic (exact) mass is 458 g/mol. The second-order valence-electron chi connectivity index (χ2n) is 9.57. The van der Waals surface area contributed by atoms with Crippen molar-refractivity contribution in [3.05, 3.63) is 66.2 Å². The van der Waals surface area contributed by atoms with Crippen LogP contribution in [0.5, 0.6) is 0 Å². The third kappa shape index (κ3) is 9.33. The van der Waals surface area contributed by atoms with Gasteiger partial charge in [0, 0.05) is 6.42 Å². The van der Waals surface area contributed by atoms with Crippen LogP contribution in [-0.2, 0) is 9.53 Å². The zero-order valence-electron chi connectivity index (χ0n) is 21.1. The van der Waals surface area contributed by atoms with Crippen molar-refractivity contribution in [3.63, 3.8) is 0 Å². The van der Waals surface area contributed by atoms with E-state index in [-0.39, 0.29) is 5.97 Å². The molecular weight excluding hydrogens is 416 g/mol. The molecule has 182 valence electrons. The van der Waals surface area contributed by atoms with Crippen molar-refractivity contribution in [2.75, 3.05) is 7.11 Å². The number of rotatable bonds is 16. The van der Waals surface area contributed by atoms with Gasteiger partial charge in [-0.25, -0.2) is 0 Å². The summed E-state index contributed by atoms with van der Waals surface area (Å²) in [6.45, 7) is 0. The maximum Gasteiger partial charge on any atom is 0.305 e. The van der Waals surface area contributed by atoms with Gasteiger partial charge in [-0.2, -0.15) is 0 Å². The molecule has 0 saturated heterocycles. The first kappa shape index (κ1) is 26.0. The van der Waals surface area contributed by atoms with Crippen molar-refractivity contribution in [1.29, 1.82) is 0 Å². The number of carbonyl (C=O) groups is 1. The summed E-state index contributed by atoms with van der Waals surface area (Å²) in [4.78, 5) is 11.1. The van der Waals surface area contributed by atoms with E-state index in [1.807, 2.05) is 0 Å². The number of hydrogen-bond acceptors (Lipinski definition) is 2. The summed E-state index contributed by atoms with van der Waals surface area (Å²) in [6.07, 6.45) is 21.9. The van der Waals surface area contributed by atoms with Crippen LogP contribution in [0, 0.1) is 0 Å². The summed E-state index contributed by atoms with van der Waals surface area (Å²) >= 11 is 0. The van der Waals surface area contributed by atoms with Crippen LogP contribution in [0.25, 0.3) is 27.6 Å². The largest absolute Gasteiger partial charge is 0.469 e. The number of ether oxygens (including phenoxy) is 1. The molecule has 0 heterocycles. The average molecular weight is 459 g/mol. The van der Waals surface area contributed by atoms with E-state index in [0.29, 0.717) is 6.42 Å². The van der Waals surface area contributed by atoms with E-state index in [9.17, 15) is 4.79 Å². The van der Waals surface area contributed by atoms with Crippen LogP contribution in [0.2, 0.25) is 0 Å². The first-order chi connectivity index (χ1) is 16.8. The second-order valence-corrected chi connectivity index (χ2v) is 9.57. The van der Waals surface area contributed by atoms with Crippen molar-refractivity contribution in [3.8, 4) is 0 Å². The Morgan fingerprint density at radius 1 is 0.647 bits per heavy atom. The van der Waals surface area contributed by atoms with Gasteiger partial charge in [-0.05, 0) is 64.6 Å². The lowest BCUT2D eigenvalue weighted by atomic mass is 10.0. The predicted octanol–water partition coefficient (Wildman–Crippen LogP) is 9.64. The van der Waals surface area contributed by atoms with Crippen molar-refractivity contribution < 1.29 is 9.53 Å². The lowest BCUT2D eigenvalue weighted by Crippen LogP contribution is -1.99. The minimum atomic E-state index is -0.0742. The topological polar surface area (TPSA) is 26.3 Å². The number of unbranched alkanes of at least 4 members (excludes halogenated alkanes) is 12. The highest BCUT2D eigenvalue weighted by Gasteiger charge is 2.00. The third-order valence-corrected chi connectivity index (χ3v) is 6.77. The average Bonchev–Trinajstić information content (AvgIpc) is 2.86. The lowest BCUT2D eigenvalue weighted by Gasteiger charge is -2.04. The van der Waals surface area contributed by atoms with E-state index < -0.39 is 0 Å². The quantitative estimate of drug-likeness (QED) is 0.121. The van der Waals surface area contributed by atoms with Crippen LogP contribution >= 0.6 is 0 Å². The standard InChI is InChI=1S/C32H42O2/c1-34-32(33)21-15-13-11-9-7-5-3-2-4-6-8-10-12-14-18-27-22-23-30-25-28-19-16-17-20-29(28)26-31(30)24-27/h14,16-20,22-26H,2-13,15,21H2,1H3/b18-14-. The molecular formula is C32H42O2. The molecule has 0 aliphatic carbocycles. The normalized spacial score (nSPS) is 11.6. The first-order valence-electron chi connectivity index (χ1n) is 13.4. The molecule has 0 bridgehead atoms. The van der Waals surface area contributed by atoms with Crippen LogP contribution in [0.15, 0.2) is 60.7 Å². The number of esters is 1. The summed E-state index contributed by atoms with van der Waals surface area (Å²) in [5, 5.41) is 5.25. The molecule has 0 aliphatic rings. The summed E-state index contributed by atoms with van der Waals surface area (Å²) < 4.78 is 4.67. The Bertz CT molecular complexity index is 1030. The molecule has 3 aromatic carbocycles. The highest BCUT2D eigenvalue weighted by Crippen LogP contribution is 2.24. The van der Waals surface area contributed by atoms with E-state index in [2.05, 4.69) is 71.5 Å². The number of fused-ring (bicyclic) bond motifs is 2. The van der Waals surface area contributed by atoms with Gasteiger partial charge in [0.05, 0.1) is 7.11 Å². The Morgan fingerprint density at radius 2 is 1.18 bits per heavy atom. The highest BCUT2D eigenvalue weighted by molar-refractivity contribution is 5.98. The zero-order chi connectivity index (χ0) is 23.8. The molecule has 0 amide bonds. The van der Waals surface area contributed by atoms with Crippen LogP contribution in [-0.4, -0.2) is 13.1 Å². The van der Waals surface area contributed by atoms with E-state index >= 15 is 0 Å². The molecule has 0 unspecified atom stereocenters. The number of hydrogen-bond donors (Lipinski definition) is 0. The first-order valence-corrected chi connectivity index (χ1v) is 13.4. The summed E-state index contributed by atoms with van der Waals surface area (Å²) in [7, 11) is 1.47. The number of allylic oxidation sites excluding steroid dienone is 1. The molecule has 0 N–H and O–H groups in total. The molecule has 3 rings (SSSR count). The SMILES string of the molecule is COC(=O)CCCCCCCCCCCCCC/C=C\c1ccc2cc3ccccc3cc2c1. The van der Waals surface area contributed by atoms with Gasteiger partial charge >= 0.3 is 5.97 Å². The molecule has 34 heavy (non-hydrogen) atoms. The third-order valence-electron chi connectivity index (χ3n) is 6.77. The lowest BCUT2D eigenvalue weighted by molar-refractivity contribution is -0.140. The zero-order valence-corrected chi connectivity index (χ0v) is 21.1. The van der Waals surface area contributed by atoms with Crippen molar-refractivity contribution in [2.45, 2.75) is 89.9 Å². The molecule has 2 nitrogen and oxygen atoms in total. The molecule has 0 saturated carbocycles. The van der Waals surface area contributed by atoms with Crippen LogP contribution in [0.1, 0.15) is 95.5 Å². The van der Waals surface area contributed by atoms with Gasteiger partial charge in [-0.3, -0.25) is 4.79 Å². The fourth-order valence-electron chi connectivity index (χ4n) is 4.68. The fraction of sp³-hybridized carbons (Fsp3) is 0.469. The Labute approximate surface area is 206 Å². The van der Waals surface area contributed by atoms with Gasteiger partial charge in [0.25, 0.3) is 0 Å². The van der Waals surface area contributed by atoms with E-state index in [1.165, 1.54) is 105 Å². The molecule has 0 atom stereocenters. The molecule has 0 fully saturated rings. The molecule has 0 aliphatic heterocycles. The van der Waals surface area contributed by atoms with Crippen LogP contribution in [0.4, 0.5) is 0 Å². The van der Waals surface area contributed by atoms with Crippen molar-refractivity contribution in [2.24, 2.45) is 0 Å². The van der Waals surface area contributed by atoms with Gasteiger partial charge in [-0.1, -0.05) is 113 Å². The van der Waals surface area contributed by atoms with E-state index in [4.69, 9.17) is 0 Å².